The molecule has 4 aromatic rings. The summed E-state index contributed by atoms with van der Waals surface area (Å²) in [5.41, 5.74) is 7.88. The molecule has 0 spiro atoms. The van der Waals surface area contributed by atoms with E-state index < -0.39 is 0 Å². The van der Waals surface area contributed by atoms with E-state index >= 15 is 0 Å². The Morgan fingerprint density at radius 3 is 1.58 bits per heavy atom. The van der Waals surface area contributed by atoms with E-state index in [2.05, 4.69) is 41.9 Å². The summed E-state index contributed by atoms with van der Waals surface area (Å²) in [5.74, 6) is 0. The molecule has 0 aliphatic carbocycles. The first-order valence-corrected chi connectivity index (χ1v) is 9.74. The maximum Gasteiger partial charge on any atom is 4.00 e. The third-order valence-corrected chi connectivity index (χ3v) is 5.28. The molecule has 5 rings (SSSR count). The fraction of sp³-hybridized carbons (Fsp3) is 0.167. The Bertz CT molecular complexity index is 1120. The van der Waals surface area contributed by atoms with Crippen molar-refractivity contribution in [2.45, 2.75) is 13.1 Å². The molecule has 31 heavy (non-hydrogen) atoms. The summed E-state index contributed by atoms with van der Waals surface area (Å²) in [6, 6.07) is 15.0. The number of anilines is 2. The quantitative estimate of drug-likeness (QED) is 0.292. The summed E-state index contributed by atoms with van der Waals surface area (Å²) in [6.45, 7) is 1.22. The Hall–Kier alpha value is -3.11. The van der Waals surface area contributed by atoms with Crippen molar-refractivity contribution in [2.24, 2.45) is 0 Å². The van der Waals surface area contributed by atoms with Gasteiger partial charge in [-0.3, -0.25) is 19.9 Å². The van der Waals surface area contributed by atoms with Crippen LogP contribution in [-0.4, -0.2) is 34.0 Å². The molecule has 0 atom stereocenters. The molecule has 154 valence electrons. The summed E-state index contributed by atoms with van der Waals surface area (Å²) >= 11 is 0. The van der Waals surface area contributed by atoms with Gasteiger partial charge in [0.25, 0.3) is 0 Å². The maximum absolute atomic E-state index is 4.55. The minimum absolute atomic E-state index is 0. The molecule has 0 aromatic carbocycles. The normalized spacial score (nSPS) is 12.8. The second-order valence-electron chi connectivity index (χ2n) is 7.36. The van der Waals surface area contributed by atoms with Gasteiger partial charge in [-0.25, -0.2) is 0 Å². The molecule has 0 saturated carbocycles. The van der Waals surface area contributed by atoms with Crippen LogP contribution in [0.5, 0.6) is 0 Å². The van der Waals surface area contributed by atoms with Crippen LogP contribution in [0.4, 0.5) is 11.4 Å². The predicted molar refractivity (Wildman–Crippen MR) is 117 cm³/mol. The zero-order chi connectivity index (χ0) is 20.5. The molecule has 5 heterocycles. The van der Waals surface area contributed by atoms with Gasteiger partial charge < -0.3 is 9.80 Å². The zero-order valence-corrected chi connectivity index (χ0v) is 19.5. The first-order chi connectivity index (χ1) is 14.7. The SMILES string of the molecule is CN1Cc2[c-]c(ccn2)-c2ccncc2N(C)Cc2[c-]c(ccn2)-c2ccncc21.[Pt+4]. The van der Waals surface area contributed by atoms with Crippen LogP contribution in [0.1, 0.15) is 11.4 Å². The van der Waals surface area contributed by atoms with Gasteiger partial charge in [0, 0.05) is 74.7 Å². The number of aromatic nitrogens is 4. The van der Waals surface area contributed by atoms with Crippen LogP contribution < -0.4 is 9.80 Å². The van der Waals surface area contributed by atoms with Crippen molar-refractivity contribution in [2.75, 3.05) is 23.9 Å². The van der Waals surface area contributed by atoms with E-state index in [0.717, 1.165) is 45.0 Å². The fourth-order valence-corrected chi connectivity index (χ4v) is 3.79. The molecule has 4 bridgehead atoms. The molecular formula is C24H20N6Pt+2. The van der Waals surface area contributed by atoms with E-state index in [1.807, 2.05) is 75.5 Å². The van der Waals surface area contributed by atoms with Crippen LogP contribution in [0.25, 0.3) is 22.3 Å². The van der Waals surface area contributed by atoms with Crippen LogP contribution >= 0.6 is 0 Å². The first-order valence-electron chi connectivity index (χ1n) is 9.74. The van der Waals surface area contributed by atoms with Crippen LogP contribution in [0.15, 0.2) is 61.4 Å². The number of hydrogen-bond donors (Lipinski definition) is 0. The van der Waals surface area contributed by atoms with E-state index in [0.29, 0.717) is 13.1 Å². The van der Waals surface area contributed by atoms with Gasteiger partial charge in [-0.1, -0.05) is 12.1 Å². The van der Waals surface area contributed by atoms with Crippen molar-refractivity contribution in [3.63, 3.8) is 0 Å². The summed E-state index contributed by atoms with van der Waals surface area (Å²) in [5, 5.41) is 0. The van der Waals surface area contributed by atoms with Crippen molar-refractivity contribution in [1.29, 1.82) is 0 Å². The van der Waals surface area contributed by atoms with E-state index in [1.54, 1.807) is 0 Å². The first kappa shape index (κ1) is 21.1. The van der Waals surface area contributed by atoms with Crippen molar-refractivity contribution < 1.29 is 21.1 Å². The molecule has 0 amide bonds. The second kappa shape index (κ2) is 8.94. The van der Waals surface area contributed by atoms with Crippen molar-refractivity contribution in [1.82, 2.24) is 19.9 Å². The monoisotopic (exact) mass is 587 g/mol. The van der Waals surface area contributed by atoms with Gasteiger partial charge >= 0.3 is 21.1 Å². The van der Waals surface area contributed by atoms with Crippen LogP contribution in [0, 0.1) is 12.1 Å². The van der Waals surface area contributed by atoms with E-state index in [4.69, 9.17) is 0 Å². The van der Waals surface area contributed by atoms with Gasteiger partial charge in [-0.2, -0.15) is 23.3 Å². The van der Waals surface area contributed by atoms with Gasteiger partial charge in [0.05, 0.1) is 0 Å². The Morgan fingerprint density at radius 2 is 1.13 bits per heavy atom. The maximum atomic E-state index is 4.55. The molecule has 7 heteroatoms. The van der Waals surface area contributed by atoms with Crippen molar-refractivity contribution >= 4 is 11.4 Å². The zero-order valence-electron chi connectivity index (χ0n) is 17.2. The summed E-state index contributed by atoms with van der Waals surface area (Å²) in [4.78, 5) is 22.1. The average Bonchev–Trinajstić information content (AvgIpc) is 2.79. The Balaban J connectivity index is 0.00000231. The Labute approximate surface area is 196 Å². The molecule has 0 N–H and O–H groups in total. The van der Waals surface area contributed by atoms with Crippen molar-refractivity contribution in [3.05, 3.63) is 85.0 Å². The van der Waals surface area contributed by atoms with Crippen LogP contribution in [-0.2, 0) is 34.2 Å². The number of nitrogens with zero attached hydrogens (tertiary/aromatic N) is 6. The summed E-state index contributed by atoms with van der Waals surface area (Å²) in [6.07, 6.45) is 11.1. The van der Waals surface area contributed by atoms with Crippen LogP contribution in [0.2, 0.25) is 0 Å². The van der Waals surface area contributed by atoms with Crippen LogP contribution in [0.3, 0.4) is 0 Å². The number of pyridine rings is 4. The third kappa shape index (κ3) is 4.21. The van der Waals surface area contributed by atoms with Gasteiger partial charge in [-0.15, -0.1) is 23.3 Å². The minimum atomic E-state index is 0. The molecule has 6 nitrogen and oxygen atoms in total. The van der Waals surface area contributed by atoms with E-state index in [9.17, 15) is 0 Å². The Kier molecular flexibility index (Phi) is 6.10. The second-order valence-corrected chi connectivity index (χ2v) is 7.36. The summed E-state index contributed by atoms with van der Waals surface area (Å²) < 4.78 is 0. The molecule has 1 aliphatic rings. The molecule has 0 saturated heterocycles. The molecule has 0 radical (unpaired) electrons. The molecule has 1 aliphatic heterocycles. The topological polar surface area (TPSA) is 58.0 Å². The molecule has 0 unspecified atom stereocenters. The predicted octanol–water partition coefficient (Wildman–Crippen LogP) is 3.78. The number of hydrogen-bond acceptors (Lipinski definition) is 6. The van der Waals surface area contributed by atoms with E-state index in [-0.39, 0.29) is 21.1 Å². The smallest absolute Gasteiger partial charge is 0.378 e. The largest absolute Gasteiger partial charge is 4.00 e. The molecule has 0 fully saturated rings. The Morgan fingerprint density at radius 1 is 0.677 bits per heavy atom. The van der Waals surface area contributed by atoms with Gasteiger partial charge in [0.2, 0.25) is 0 Å². The molecule has 4 aromatic heterocycles. The fourth-order valence-electron chi connectivity index (χ4n) is 3.79. The van der Waals surface area contributed by atoms with E-state index in [1.165, 1.54) is 0 Å². The standard InChI is InChI=1S/C24H20N6.Pt/c1-29-15-19-11-18(4-9-27-19)22-6-8-26-14-24(22)30(2)16-20-12-17(3-10-28-20)21-5-7-25-13-23(21)29;/h3-10,13-14H,15-16H2,1-2H3;/q-2;+4. The third-order valence-electron chi connectivity index (χ3n) is 5.28. The number of rotatable bonds is 0. The minimum Gasteiger partial charge on any atom is -0.378 e. The number of fused-ring (bicyclic) bond motifs is 8. The van der Waals surface area contributed by atoms with Gasteiger partial charge in [0.15, 0.2) is 0 Å². The molecular weight excluding hydrogens is 567 g/mol. The summed E-state index contributed by atoms with van der Waals surface area (Å²) in [7, 11) is 4.09. The average molecular weight is 588 g/mol. The van der Waals surface area contributed by atoms with Gasteiger partial charge in [-0.05, 0) is 12.4 Å². The van der Waals surface area contributed by atoms with Gasteiger partial charge in [0.1, 0.15) is 0 Å². The van der Waals surface area contributed by atoms with Crippen molar-refractivity contribution in [3.8, 4) is 22.3 Å².